The Kier molecular flexibility index (Phi) is 4.49. The van der Waals surface area contributed by atoms with Crippen LogP contribution in [0, 0.1) is 23.5 Å². The Morgan fingerprint density at radius 3 is 1.92 bits per heavy atom. The summed E-state index contributed by atoms with van der Waals surface area (Å²) in [4.78, 5) is 0. The molecule has 25 heavy (non-hydrogen) atoms. The lowest BCUT2D eigenvalue weighted by Gasteiger charge is -2.29. The first-order valence-corrected chi connectivity index (χ1v) is 9.29. The predicted octanol–water partition coefficient (Wildman–Crippen LogP) is 6.32. The van der Waals surface area contributed by atoms with Crippen LogP contribution in [-0.4, -0.2) is 7.11 Å². The molecule has 3 heteroatoms. The Hall–Kier alpha value is -1.90. The molecule has 2 fully saturated rings. The summed E-state index contributed by atoms with van der Waals surface area (Å²) in [6.07, 6.45) is 8.07. The number of hydrogen-bond acceptors (Lipinski definition) is 1. The van der Waals surface area contributed by atoms with Crippen molar-refractivity contribution in [2.24, 2.45) is 11.8 Å². The second-order valence-electron chi connectivity index (χ2n) is 7.51. The van der Waals surface area contributed by atoms with Gasteiger partial charge in [0.25, 0.3) is 0 Å². The summed E-state index contributed by atoms with van der Waals surface area (Å²) in [6.45, 7) is 0. The van der Waals surface area contributed by atoms with Crippen LogP contribution >= 0.6 is 0 Å². The highest BCUT2D eigenvalue weighted by molar-refractivity contribution is 5.65. The van der Waals surface area contributed by atoms with E-state index < -0.39 is 11.6 Å². The van der Waals surface area contributed by atoms with E-state index in [-0.39, 0.29) is 11.3 Å². The third-order valence-electron chi connectivity index (χ3n) is 6.02. The van der Waals surface area contributed by atoms with Gasteiger partial charge in [-0.3, -0.25) is 0 Å². The van der Waals surface area contributed by atoms with Gasteiger partial charge in [-0.05, 0) is 79.5 Å². The van der Waals surface area contributed by atoms with Crippen LogP contribution < -0.4 is 4.74 Å². The number of ether oxygens (including phenoxy) is 1. The van der Waals surface area contributed by atoms with E-state index in [4.69, 9.17) is 4.74 Å². The summed E-state index contributed by atoms with van der Waals surface area (Å²) in [6, 6.07) is 11.0. The van der Waals surface area contributed by atoms with Crippen LogP contribution in [0.5, 0.6) is 5.75 Å². The molecule has 0 aromatic heterocycles. The highest BCUT2D eigenvalue weighted by atomic mass is 19.2. The Balaban J connectivity index is 1.50. The number of benzene rings is 2. The molecule has 0 atom stereocenters. The lowest BCUT2D eigenvalue weighted by Crippen LogP contribution is -2.14. The van der Waals surface area contributed by atoms with Crippen molar-refractivity contribution in [2.75, 3.05) is 7.11 Å². The predicted molar refractivity (Wildman–Crippen MR) is 95.8 cm³/mol. The molecule has 4 rings (SSSR count). The van der Waals surface area contributed by atoms with E-state index >= 15 is 0 Å². The average Bonchev–Trinajstić information content (AvgIpc) is 3.50. The van der Waals surface area contributed by atoms with Crippen LogP contribution in [0.15, 0.2) is 36.4 Å². The molecule has 2 aliphatic rings. The van der Waals surface area contributed by atoms with Crippen LogP contribution in [-0.2, 0) is 0 Å². The van der Waals surface area contributed by atoms with E-state index in [1.165, 1.54) is 57.3 Å². The van der Waals surface area contributed by atoms with E-state index in [1.807, 2.05) is 12.1 Å². The minimum absolute atomic E-state index is 0.0645. The molecule has 2 aliphatic carbocycles. The zero-order chi connectivity index (χ0) is 17.4. The Bertz CT molecular complexity index is 741. The van der Waals surface area contributed by atoms with Crippen molar-refractivity contribution >= 4 is 0 Å². The second-order valence-corrected chi connectivity index (χ2v) is 7.51. The van der Waals surface area contributed by atoms with Crippen molar-refractivity contribution in [3.63, 3.8) is 0 Å². The summed E-state index contributed by atoms with van der Waals surface area (Å²) in [5.41, 5.74) is 2.31. The molecule has 0 spiro atoms. The minimum Gasteiger partial charge on any atom is -0.494 e. The lowest BCUT2D eigenvalue weighted by molar-refractivity contribution is 0.296. The number of rotatable bonds is 4. The molecule has 0 heterocycles. The van der Waals surface area contributed by atoms with Gasteiger partial charge in [0, 0.05) is 5.56 Å². The van der Waals surface area contributed by atoms with Crippen molar-refractivity contribution in [3.05, 3.63) is 53.6 Å². The van der Waals surface area contributed by atoms with Gasteiger partial charge in [-0.1, -0.05) is 24.3 Å². The molecule has 0 amide bonds. The first kappa shape index (κ1) is 16.6. The normalized spacial score (nSPS) is 23.5. The molecule has 0 unspecified atom stereocenters. The van der Waals surface area contributed by atoms with Crippen molar-refractivity contribution in [1.82, 2.24) is 0 Å². The van der Waals surface area contributed by atoms with E-state index in [0.29, 0.717) is 11.5 Å². The highest BCUT2D eigenvalue weighted by Crippen LogP contribution is 2.47. The van der Waals surface area contributed by atoms with Crippen LogP contribution in [0.3, 0.4) is 0 Å². The number of hydrogen-bond donors (Lipinski definition) is 0. The van der Waals surface area contributed by atoms with Crippen molar-refractivity contribution < 1.29 is 13.5 Å². The molecule has 2 aromatic carbocycles. The van der Waals surface area contributed by atoms with Gasteiger partial charge in [-0.25, -0.2) is 4.39 Å². The lowest BCUT2D eigenvalue weighted by atomic mass is 9.77. The standard InChI is InChI=1S/C22H24F2O/c1-25-20-13-12-19(21(23)22(20)24)18-10-8-17(9-11-18)16-6-4-15(5-7-16)14-2-3-14/h8-16H,2-7H2,1H3. The van der Waals surface area contributed by atoms with Crippen molar-refractivity contribution in [3.8, 4) is 16.9 Å². The van der Waals surface area contributed by atoms with Crippen molar-refractivity contribution in [2.45, 2.75) is 44.4 Å². The smallest absolute Gasteiger partial charge is 0.201 e. The molecular formula is C22H24F2O. The highest BCUT2D eigenvalue weighted by Gasteiger charge is 2.34. The maximum absolute atomic E-state index is 14.3. The quantitative estimate of drug-likeness (QED) is 0.631. The van der Waals surface area contributed by atoms with Gasteiger partial charge in [-0.2, -0.15) is 4.39 Å². The van der Waals surface area contributed by atoms with Gasteiger partial charge in [-0.15, -0.1) is 0 Å². The van der Waals surface area contributed by atoms with Gasteiger partial charge < -0.3 is 4.74 Å². The molecule has 0 aliphatic heterocycles. The van der Waals surface area contributed by atoms with E-state index in [2.05, 4.69) is 12.1 Å². The molecule has 0 saturated heterocycles. The van der Waals surface area contributed by atoms with Gasteiger partial charge in [0.05, 0.1) is 7.11 Å². The van der Waals surface area contributed by atoms with Gasteiger partial charge >= 0.3 is 0 Å². The summed E-state index contributed by atoms with van der Waals surface area (Å²) in [7, 11) is 1.34. The second kappa shape index (κ2) is 6.78. The fraction of sp³-hybridized carbons (Fsp3) is 0.455. The monoisotopic (exact) mass is 342 g/mol. The largest absolute Gasteiger partial charge is 0.494 e. The molecular weight excluding hydrogens is 318 g/mol. The zero-order valence-corrected chi connectivity index (χ0v) is 14.6. The average molecular weight is 342 g/mol. The summed E-state index contributed by atoms with van der Waals surface area (Å²) >= 11 is 0. The SMILES string of the molecule is COc1ccc(-c2ccc(C3CCC(C4CC4)CC3)cc2)c(F)c1F. The third kappa shape index (κ3) is 3.29. The minimum atomic E-state index is -0.928. The Morgan fingerprint density at radius 1 is 0.760 bits per heavy atom. The number of halogens is 2. The Labute approximate surface area is 148 Å². The first-order chi connectivity index (χ1) is 12.2. The van der Waals surface area contributed by atoms with Gasteiger partial charge in [0.1, 0.15) is 0 Å². The van der Waals surface area contributed by atoms with Crippen LogP contribution in [0.2, 0.25) is 0 Å². The zero-order valence-electron chi connectivity index (χ0n) is 14.6. The first-order valence-electron chi connectivity index (χ1n) is 9.29. The van der Waals surface area contributed by atoms with E-state index in [0.717, 1.165) is 11.8 Å². The van der Waals surface area contributed by atoms with E-state index in [1.54, 1.807) is 6.07 Å². The number of methoxy groups -OCH3 is 1. The fourth-order valence-corrected chi connectivity index (χ4v) is 4.34. The van der Waals surface area contributed by atoms with Gasteiger partial charge in [0.2, 0.25) is 5.82 Å². The molecule has 0 bridgehead atoms. The van der Waals surface area contributed by atoms with Crippen LogP contribution in [0.25, 0.3) is 11.1 Å². The van der Waals surface area contributed by atoms with Crippen molar-refractivity contribution in [1.29, 1.82) is 0 Å². The molecule has 132 valence electrons. The molecule has 0 N–H and O–H groups in total. The molecule has 2 saturated carbocycles. The molecule has 0 radical (unpaired) electrons. The fourth-order valence-electron chi connectivity index (χ4n) is 4.34. The Morgan fingerprint density at radius 2 is 1.36 bits per heavy atom. The molecule has 1 nitrogen and oxygen atoms in total. The maximum atomic E-state index is 14.3. The third-order valence-corrected chi connectivity index (χ3v) is 6.02. The molecule has 2 aromatic rings. The van der Waals surface area contributed by atoms with Crippen LogP contribution in [0.1, 0.15) is 50.0 Å². The van der Waals surface area contributed by atoms with E-state index in [9.17, 15) is 8.78 Å². The topological polar surface area (TPSA) is 9.23 Å². The summed E-state index contributed by atoms with van der Waals surface area (Å²) in [5, 5.41) is 0. The summed E-state index contributed by atoms with van der Waals surface area (Å²) in [5.74, 6) is 0.731. The van der Waals surface area contributed by atoms with Gasteiger partial charge in [0.15, 0.2) is 11.6 Å². The summed E-state index contributed by atoms with van der Waals surface area (Å²) < 4.78 is 33.0. The van der Waals surface area contributed by atoms with Crippen LogP contribution in [0.4, 0.5) is 8.78 Å². The maximum Gasteiger partial charge on any atom is 0.201 e.